The van der Waals surface area contributed by atoms with E-state index in [9.17, 15) is 4.79 Å². The van der Waals surface area contributed by atoms with E-state index in [1.54, 1.807) is 0 Å². The van der Waals surface area contributed by atoms with Gasteiger partial charge in [0, 0.05) is 12.6 Å². The number of amides is 1. The maximum atomic E-state index is 12.4. The van der Waals surface area contributed by atoms with Crippen molar-refractivity contribution in [2.75, 3.05) is 6.54 Å². The fourth-order valence-corrected chi connectivity index (χ4v) is 2.70. The SMILES string of the molecule is CC(C)CCN(C(=O)C1(N)CC1)C1CCCC1. The second-order valence-corrected chi connectivity index (χ2v) is 6.28. The van der Waals surface area contributed by atoms with Crippen molar-refractivity contribution in [1.82, 2.24) is 4.90 Å². The molecule has 0 radical (unpaired) electrons. The molecule has 3 heteroatoms. The zero-order valence-corrected chi connectivity index (χ0v) is 11.2. The molecular formula is C14H26N2O. The molecular weight excluding hydrogens is 212 g/mol. The summed E-state index contributed by atoms with van der Waals surface area (Å²) in [6.45, 7) is 5.33. The van der Waals surface area contributed by atoms with Gasteiger partial charge in [-0.1, -0.05) is 26.7 Å². The topological polar surface area (TPSA) is 46.3 Å². The van der Waals surface area contributed by atoms with Gasteiger partial charge in [-0.3, -0.25) is 4.79 Å². The van der Waals surface area contributed by atoms with E-state index in [0.717, 1.165) is 25.8 Å². The van der Waals surface area contributed by atoms with Gasteiger partial charge in [-0.05, 0) is 38.0 Å². The minimum absolute atomic E-state index is 0.227. The number of rotatable bonds is 5. The van der Waals surface area contributed by atoms with Gasteiger partial charge in [0.15, 0.2) is 0 Å². The smallest absolute Gasteiger partial charge is 0.242 e. The molecule has 98 valence electrons. The molecule has 0 aliphatic heterocycles. The van der Waals surface area contributed by atoms with Gasteiger partial charge in [0.1, 0.15) is 0 Å². The number of nitrogens with two attached hydrogens (primary N) is 1. The largest absolute Gasteiger partial charge is 0.338 e. The van der Waals surface area contributed by atoms with Crippen molar-refractivity contribution in [3.63, 3.8) is 0 Å². The monoisotopic (exact) mass is 238 g/mol. The van der Waals surface area contributed by atoms with Crippen LogP contribution in [-0.4, -0.2) is 28.9 Å². The third kappa shape index (κ3) is 3.01. The molecule has 0 aromatic rings. The normalized spacial score (nSPS) is 23.1. The summed E-state index contributed by atoms with van der Waals surface area (Å²) in [6, 6.07) is 0.474. The van der Waals surface area contributed by atoms with Crippen LogP contribution in [0.15, 0.2) is 0 Å². The van der Waals surface area contributed by atoms with Crippen LogP contribution in [0.2, 0.25) is 0 Å². The van der Waals surface area contributed by atoms with Crippen LogP contribution >= 0.6 is 0 Å². The number of carbonyl (C=O) groups excluding carboxylic acids is 1. The van der Waals surface area contributed by atoms with Gasteiger partial charge < -0.3 is 10.6 Å². The number of hydrogen-bond acceptors (Lipinski definition) is 2. The minimum Gasteiger partial charge on any atom is -0.338 e. The van der Waals surface area contributed by atoms with Gasteiger partial charge in [-0.2, -0.15) is 0 Å². The lowest BCUT2D eigenvalue weighted by Gasteiger charge is -2.32. The van der Waals surface area contributed by atoms with Crippen molar-refractivity contribution in [2.45, 2.75) is 70.4 Å². The van der Waals surface area contributed by atoms with Crippen LogP contribution in [0.1, 0.15) is 58.8 Å². The first-order chi connectivity index (χ1) is 8.03. The maximum Gasteiger partial charge on any atom is 0.242 e. The number of hydrogen-bond donors (Lipinski definition) is 1. The Morgan fingerprint density at radius 1 is 1.35 bits per heavy atom. The van der Waals surface area contributed by atoms with Crippen molar-refractivity contribution >= 4 is 5.91 Å². The third-order valence-corrected chi connectivity index (χ3v) is 4.19. The van der Waals surface area contributed by atoms with Crippen LogP contribution in [0.25, 0.3) is 0 Å². The molecule has 1 amide bonds. The van der Waals surface area contributed by atoms with Crippen LogP contribution < -0.4 is 5.73 Å². The van der Waals surface area contributed by atoms with E-state index in [-0.39, 0.29) is 5.91 Å². The highest BCUT2D eigenvalue weighted by atomic mass is 16.2. The van der Waals surface area contributed by atoms with Gasteiger partial charge in [0.25, 0.3) is 0 Å². The van der Waals surface area contributed by atoms with Crippen molar-refractivity contribution in [3.05, 3.63) is 0 Å². The first kappa shape index (κ1) is 12.9. The van der Waals surface area contributed by atoms with Crippen molar-refractivity contribution in [2.24, 2.45) is 11.7 Å². The van der Waals surface area contributed by atoms with Gasteiger partial charge in [-0.15, -0.1) is 0 Å². The van der Waals surface area contributed by atoms with Crippen molar-refractivity contribution in [3.8, 4) is 0 Å². The molecule has 0 spiro atoms. The second kappa shape index (κ2) is 4.97. The average molecular weight is 238 g/mol. The quantitative estimate of drug-likeness (QED) is 0.799. The van der Waals surface area contributed by atoms with Crippen LogP contribution in [0, 0.1) is 5.92 Å². The molecule has 2 aliphatic carbocycles. The molecule has 0 aromatic carbocycles. The lowest BCUT2D eigenvalue weighted by atomic mass is 10.1. The third-order valence-electron chi connectivity index (χ3n) is 4.19. The molecule has 2 rings (SSSR count). The Labute approximate surface area is 105 Å². The number of nitrogens with zero attached hydrogens (tertiary/aromatic N) is 1. The molecule has 3 nitrogen and oxygen atoms in total. The van der Waals surface area contributed by atoms with Crippen LogP contribution in [0.4, 0.5) is 0 Å². The summed E-state index contributed by atoms with van der Waals surface area (Å²) >= 11 is 0. The molecule has 0 saturated heterocycles. The van der Waals surface area contributed by atoms with Crippen molar-refractivity contribution < 1.29 is 4.79 Å². The highest BCUT2D eigenvalue weighted by Crippen LogP contribution is 2.36. The van der Waals surface area contributed by atoms with E-state index in [4.69, 9.17) is 5.73 Å². The molecule has 17 heavy (non-hydrogen) atoms. The van der Waals surface area contributed by atoms with Gasteiger partial charge in [0.2, 0.25) is 5.91 Å². The highest BCUT2D eigenvalue weighted by molar-refractivity contribution is 5.89. The Morgan fingerprint density at radius 2 is 1.94 bits per heavy atom. The zero-order valence-electron chi connectivity index (χ0n) is 11.2. The molecule has 2 N–H and O–H groups in total. The van der Waals surface area contributed by atoms with Gasteiger partial charge >= 0.3 is 0 Å². The minimum atomic E-state index is -0.487. The average Bonchev–Trinajstić information content (AvgIpc) is 2.80. The van der Waals surface area contributed by atoms with E-state index in [1.165, 1.54) is 25.7 Å². The van der Waals surface area contributed by atoms with Crippen molar-refractivity contribution in [1.29, 1.82) is 0 Å². The first-order valence-corrected chi connectivity index (χ1v) is 7.13. The lowest BCUT2D eigenvalue weighted by molar-refractivity contribution is -0.136. The molecule has 0 heterocycles. The first-order valence-electron chi connectivity index (χ1n) is 7.13. The Kier molecular flexibility index (Phi) is 3.76. The summed E-state index contributed by atoms with van der Waals surface area (Å²) < 4.78 is 0. The molecule has 0 unspecified atom stereocenters. The second-order valence-electron chi connectivity index (χ2n) is 6.28. The summed E-state index contributed by atoms with van der Waals surface area (Å²) in [6.07, 6.45) is 7.77. The summed E-state index contributed by atoms with van der Waals surface area (Å²) in [7, 11) is 0. The summed E-state index contributed by atoms with van der Waals surface area (Å²) in [5, 5.41) is 0. The Hall–Kier alpha value is -0.570. The van der Waals surface area contributed by atoms with Crippen LogP contribution in [0.5, 0.6) is 0 Å². The van der Waals surface area contributed by atoms with Gasteiger partial charge in [-0.25, -0.2) is 0 Å². The van der Waals surface area contributed by atoms with E-state index in [0.29, 0.717) is 12.0 Å². The van der Waals surface area contributed by atoms with E-state index in [1.807, 2.05) is 0 Å². The molecule has 0 aromatic heterocycles. The molecule has 0 bridgehead atoms. The lowest BCUT2D eigenvalue weighted by Crippen LogP contribution is -2.50. The van der Waals surface area contributed by atoms with Gasteiger partial charge in [0.05, 0.1) is 5.54 Å². The fraction of sp³-hybridized carbons (Fsp3) is 0.929. The molecule has 2 fully saturated rings. The zero-order chi connectivity index (χ0) is 12.5. The molecule has 2 aliphatic rings. The Morgan fingerprint density at radius 3 is 2.41 bits per heavy atom. The predicted octanol–water partition coefficient (Wildman–Crippen LogP) is 2.29. The van der Waals surface area contributed by atoms with Crippen LogP contribution in [-0.2, 0) is 4.79 Å². The molecule has 2 saturated carbocycles. The maximum absolute atomic E-state index is 12.4. The van der Waals surface area contributed by atoms with E-state index >= 15 is 0 Å². The standard InChI is InChI=1S/C14H26N2O/c1-11(2)7-10-16(12-5-3-4-6-12)13(17)14(15)8-9-14/h11-12H,3-10,15H2,1-2H3. The predicted molar refractivity (Wildman–Crippen MR) is 69.6 cm³/mol. The fourth-order valence-electron chi connectivity index (χ4n) is 2.70. The summed E-state index contributed by atoms with van der Waals surface area (Å²) in [4.78, 5) is 14.5. The highest BCUT2D eigenvalue weighted by Gasteiger charge is 2.49. The Bertz CT molecular complexity index is 278. The number of carbonyl (C=O) groups is 1. The Balaban J connectivity index is 1.98. The molecule has 0 atom stereocenters. The van der Waals surface area contributed by atoms with E-state index < -0.39 is 5.54 Å². The summed E-state index contributed by atoms with van der Waals surface area (Å²) in [5.41, 5.74) is 5.59. The summed E-state index contributed by atoms with van der Waals surface area (Å²) in [5.74, 6) is 0.879. The van der Waals surface area contributed by atoms with E-state index in [2.05, 4.69) is 18.7 Å². The van der Waals surface area contributed by atoms with Crippen LogP contribution in [0.3, 0.4) is 0 Å².